The number of nitrogens with zero attached hydrogens (tertiary/aromatic N) is 2. The third-order valence-corrected chi connectivity index (χ3v) is 2.83. The van der Waals surface area contributed by atoms with Crippen molar-refractivity contribution in [2.75, 3.05) is 13.1 Å². The van der Waals surface area contributed by atoms with Crippen molar-refractivity contribution in [3.8, 4) is 0 Å². The number of rotatable bonds is 1. The van der Waals surface area contributed by atoms with Gasteiger partial charge in [0.2, 0.25) is 0 Å². The summed E-state index contributed by atoms with van der Waals surface area (Å²) in [6, 6.07) is 3.50. The normalized spacial score (nSPS) is 20.9. The number of aryl methyl sites for hydroxylation is 1. The molecule has 0 saturated carbocycles. The number of aliphatic hydroxyl groups excluding tert-OH is 1. The zero-order valence-corrected chi connectivity index (χ0v) is 9.39. The molecule has 1 fully saturated rings. The Hall–Kier alpha value is -1.42. The first-order valence-corrected chi connectivity index (χ1v) is 5.57. The Kier molecular flexibility index (Phi) is 3.19. The van der Waals surface area contributed by atoms with E-state index in [1.165, 1.54) is 0 Å². The first kappa shape index (κ1) is 11.1. The van der Waals surface area contributed by atoms with Crippen LogP contribution in [-0.2, 0) is 0 Å². The van der Waals surface area contributed by atoms with Crippen molar-refractivity contribution < 1.29 is 9.90 Å². The Bertz CT molecular complexity index is 392. The van der Waals surface area contributed by atoms with Crippen molar-refractivity contribution in [1.82, 2.24) is 9.88 Å². The Morgan fingerprint density at radius 3 is 3.12 bits per heavy atom. The molecule has 1 N–H and O–H groups in total. The Balaban J connectivity index is 2.12. The third kappa shape index (κ3) is 2.39. The predicted molar refractivity (Wildman–Crippen MR) is 60.1 cm³/mol. The van der Waals surface area contributed by atoms with Crippen LogP contribution in [0.4, 0.5) is 0 Å². The molecule has 0 radical (unpaired) electrons. The summed E-state index contributed by atoms with van der Waals surface area (Å²) in [7, 11) is 0. The lowest BCUT2D eigenvalue weighted by atomic mass is 10.1. The molecule has 1 aromatic rings. The summed E-state index contributed by atoms with van der Waals surface area (Å²) in [5, 5.41) is 9.52. The highest BCUT2D eigenvalue weighted by Gasteiger charge is 2.22. The Morgan fingerprint density at radius 2 is 2.44 bits per heavy atom. The van der Waals surface area contributed by atoms with Gasteiger partial charge < -0.3 is 10.0 Å². The van der Waals surface area contributed by atoms with Crippen LogP contribution in [0.25, 0.3) is 0 Å². The van der Waals surface area contributed by atoms with Gasteiger partial charge in [0, 0.05) is 30.5 Å². The fourth-order valence-corrected chi connectivity index (χ4v) is 2.00. The summed E-state index contributed by atoms with van der Waals surface area (Å²) in [4.78, 5) is 17.9. The van der Waals surface area contributed by atoms with Crippen molar-refractivity contribution >= 4 is 5.91 Å². The molecule has 0 unspecified atom stereocenters. The SMILES string of the molecule is Cc1cc(C(=O)N2CCC[C@H](O)C2)ccn1. The van der Waals surface area contributed by atoms with Crippen LogP contribution in [-0.4, -0.2) is 40.1 Å². The Labute approximate surface area is 94.9 Å². The summed E-state index contributed by atoms with van der Waals surface area (Å²) in [5.41, 5.74) is 1.49. The van der Waals surface area contributed by atoms with Crippen molar-refractivity contribution in [3.63, 3.8) is 0 Å². The smallest absolute Gasteiger partial charge is 0.254 e. The molecule has 1 aromatic heterocycles. The molecular formula is C12H16N2O2. The van der Waals surface area contributed by atoms with E-state index in [-0.39, 0.29) is 12.0 Å². The highest BCUT2D eigenvalue weighted by Crippen LogP contribution is 2.13. The van der Waals surface area contributed by atoms with E-state index in [1.54, 1.807) is 23.2 Å². The van der Waals surface area contributed by atoms with Crippen molar-refractivity contribution in [3.05, 3.63) is 29.6 Å². The minimum atomic E-state index is -0.374. The minimum Gasteiger partial charge on any atom is -0.391 e. The lowest BCUT2D eigenvalue weighted by molar-refractivity contribution is 0.0473. The van der Waals surface area contributed by atoms with Crippen molar-refractivity contribution in [2.45, 2.75) is 25.9 Å². The van der Waals surface area contributed by atoms with E-state index in [1.807, 2.05) is 6.92 Å². The fraction of sp³-hybridized carbons (Fsp3) is 0.500. The zero-order chi connectivity index (χ0) is 11.5. The van der Waals surface area contributed by atoms with E-state index in [4.69, 9.17) is 0 Å². The molecule has 1 aliphatic heterocycles. The first-order valence-electron chi connectivity index (χ1n) is 5.57. The molecule has 1 atom stereocenters. The summed E-state index contributed by atoms with van der Waals surface area (Å²) in [5.74, 6) is -0.00995. The van der Waals surface area contributed by atoms with Gasteiger partial charge in [0.05, 0.1) is 6.10 Å². The summed E-state index contributed by atoms with van der Waals surface area (Å²) in [6.07, 6.45) is 2.93. The quantitative estimate of drug-likeness (QED) is 0.767. The number of aliphatic hydroxyl groups is 1. The van der Waals surface area contributed by atoms with Crippen molar-refractivity contribution in [1.29, 1.82) is 0 Å². The maximum Gasteiger partial charge on any atom is 0.254 e. The lowest BCUT2D eigenvalue weighted by Gasteiger charge is -2.30. The van der Waals surface area contributed by atoms with Crippen LogP contribution in [0.5, 0.6) is 0 Å². The molecular weight excluding hydrogens is 204 g/mol. The van der Waals surface area contributed by atoms with Crippen LogP contribution in [0.2, 0.25) is 0 Å². The van der Waals surface area contributed by atoms with Gasteiger partial charge in [-0.05, 0) is 31.9 Å². The van der Waals surface area contributed by atoms with Crippen molar-refractivity contribution in [2.24, 2.45) is 0 Å². The van der Waals surface area contributed by atoms with Gasteiger partial charge in [-0.1, -0.05) is 0 Å². The average Bonchev–Trinajstić information content (AvgIpc) is 2.28. The number of aromatic nitrogens is 1. The monoisotopic (exact) mass is 220 g/mol. The minimum absolute atomic E-state index is 0.00995. The van der Waals surface area contributed by atoms with Crippen LogP contribution in [0, 0.1) is 6.92 Å². The molecule has 4 heteroatoms. The summed E-state index contributed by atoms with van der Waals surface area (Å²) in [6.45, 7) is 3.04. The van der Waals surface area contributed by atoms with E-state index in [2.05, 4.69) is 4.98 Å². The zero-order valence-electron chi connectivity index (χ0n) is 9.39. The second kappa shape index (κ2) is 4.61. The van der Waals surface area contributed by atoms with E-state index in [0.29, 0.717) is 12.1 Å². The molecule has 0 spiro atoms. The fourth-order valence-electron chi connectivity index (χ4n) is 2.00. The second-order valence-electron chi connectivity index (χ2n) is 4.23. The van der Waals surface area contributed by atoms with Gasteiger partial charge in [0.1, 0.15) is 0 Å². The van der Waals surface area contributed by atoms with Crippen LogP contribution in [0.3, 0.4) is 0 Å². The van der Waals surface area contributed by atoms with Crippen LogP contribution < -0.4 is 0 Å². The van der Waals surface area contributed by atoms with Gasteiger partial charge in [-0.15, -0.1) is 0 Å². The average molecular weight is 220 g/mol. The molecule has 86 valence electrons. The van der Waals surface area contributed by atoms with Gasteiger partial charge in [0.25, 0.3) is 5.91 Å². The predicted octanol–water partition coefficient (Wildman–Crippen LogP) is 0.987. The van der Waals surface area contributed by atoms with Gasteiger partial charge >= 0.3 is 0 Å². The summed E-state index contributed by atoms with van der Waals surface area (Å²) < 4.78 is 0. The number of likely N-dealkylation sites (tertiary alicyclic amines) is 1. The maximum atomic E-state index is 12.1. The van der Waals surface area contributed by atoms with Crippen LogP contribution in [0.1, 0.15) is 28.9 Å². The molecule has 2 heterocycles. The number of hydrogen-bond acceptors (Lipinski definition) is 3. The van der Waals surface area contributed by atoms with E-state index in [0.717, 1.165) is 25.1 Å². The molecule has 4 nitrogen and oxygen atoms in total. The lowest BCUT2D eigenvalue weighted by Crippen LogP contribution is -2.42. The van der Waals surface area contributed by atoms with Crippen LogP contribution >= 0.6 is 0 Å². The van der Waals surface area contributed by atoms with Gasteiger partial charge in [-0.25, -0.2) is 0 Å². The standard InChI is InChI=1S/C12H16N2O2/c1-9-7-10(4-5-13-9)12(16)14-6-2-3-11(15)8-14/h4-5,7,11,15H,2-3,6,8H2,1H3/t11-/m0/s1. The van der Waals surface area contributed by atoms with E-state index < -0.39 is 0 Å². The maximum absolute atomic E-state index is 12.1. The summed E-state index contributed by atoms with van der Waals surface area (Å²) >= 11 is 0. The number of β-amino-alcohol motifs (C(OH)–C–C–N with tert-alkyl or cyclic N) is 1. The Morgan fingerprint density at radius 1 is 1.62 bits per heavy atom. The van der Waals surface area contributed by atoms with Gasteiger partial charge in [0.15, 0.2) is 0 Å². The molecule has 1 amide bonds. The third-order valence-electron chi connectivity index (χ3n) is 2.83. The topological polar surface area (TPSA) is 53.4 Å². The highest BCUT2D eigenvalue weighted by atomic mass is 16.3. The molecule has 16 heavy (non-hydrogen) atoms. The first-order chi connectivity index (χ1) is 7.66. The molecule has 0 aliphatic carbocycles. The number of carbonyl (C=O) groups is 1. The number of hydrogen-bond donors (Lipinski definition) is 1. The molecule has 1 aliphatic rings. The molecule has 0 aromatic carbocycles. The number of amides is 1. The highest BCUT2D eigenvalue weighted by molar-refractivity contribution is 5.94. The van der Waals surface area contributed by atoms with Gasteiger partial charge in [-0.2, -0.15) is 0 Å². The second-order valence-corrected chi connectivity index (χ2v) is 4.23. The number of pyridine rings is 1. The molecule has 0 bridgehead atoms. The van der Waals surface area contributed by atoms with Crippen LogP contribution in [0.15, 0.2) is 18.3 Å². The van der Waals surface area contributed by atoms with E-state index >= 15 is 0 Å². The van der Waals surface area contributed by atoms with Gasteiger partial charge in [-0.3, -0.25) is 9.78 Å². The molecule has 1 saturated heterocycles. The molecule has 2 rings (SSSR count). The number of carbonyl (C=O) groups excluding carboxylic acids is 1. The largest absolute Gasteiger partial charge is 0.391 e. The number of piperidine rings is 1. The van der Waals surface area contributed by atoms with E-state index in [9.17, 15) is 9.90 Å².